The number of nitrogens with one attached hydrogen (secondary N) is 1. The van der Waals surface area contributed by atoms with Crippen molar-refractivity contribution in [2.24, 2.45) is 7.05 Å². The standard InChI is InChI=1S/C18H24B4N6O/c1-27-9-12(8-24-27)13-3-2-11-7-23-15(6-14(11)25-13)26-16(29)10-28-17(19,20)4-5-18(28,21)22/h2-3,6-9H,4-5,10,19-22H2,1H3,(H,23,26,29). The summed E-state index contributed by atoms with van der Waals surface area (Å²) in [5.41, 5.74) is 2.59. The van der Waals surface area contributed by atoms with E-state index in [1.165, 1.54) is 0 Å². The molecule has 0 spiro atoms. The van der Waals surface area contributed by atoms with Crippen molar-refractivity contribution in [2.75, 3.05) is 11.9 Å². The molecule has 11 heteroatoms. The number of amides is 1. The van der Waals surface area contributed by atoms with E-state index in [0.717, 1.165) is 35.0 Å². The van der Waals surface area contributed by atoms with Crippen LogP contribution in [-0.4, -0.2) is 79.2 Å². The van der Waals surface area contributed by atoms with Crippen LogP contribution in [-0.2, 0) is 11.8 Å². The number of rotatable bonds is 4. The Labute approximate surface area is 174 Å². The van der Waals surface area contributed by atoms with Gasteiger partial charge in [-0.1, -0.05) is 0 Å². The Morgan fingerprint density at radius 2 is 1.90 bits per heavy atom. The van der Waals surface area contributed by atoms with Crippen molar-refractivity contribution >= 4 is 54.0 Å². The molecular formula is C18H24B4N6O. The zero-order valence-corrected chi connectivity index (χ0v) is 17.7. The number of aryl methyl sites for hydroxylation is 1. The van der Waals surface area contributed by atoms with E-state index in [2.05, 4.69) is 51.7 Å². The van der Waals surface area contributed by atoms with Gasteiger partial charge in [-0.15, -0.1) is 0 Å². The molecule has 0 aromatic carbocycles. The number of anilines is 1. The van der Waals surface area contributed by atoms with Gasteiger partial charge in [0.1, 0.15) is 37.2 Å². The Morgan fingerprint density at radius 3 is 2.55 bits per heavy atom. The summed E-state index contributed by atoms with van der Waals surface area (Å²) < 4.78 is 1.75. The molecule has 1 aliphatic heterocycles. The number of carbonyl (C=O) groups excluding carboxylic acids is 1. The topological polar surface area (TPSA) is 75.9 Å². The van der Waals surface area contributed by atoms with Crippen LogP contribution < -0.4 is 5.32 Å². The molecule has 1 amide bonds. The van der Waals surface area contributed by atoms with Gasteiger partial charge in [-0.3, -0.25) is 9.48 Å². The largest absolute Gasteiger partial charge is 0.314 e. The molecule has 1 aliphatic rings. The molecular weight excluding hydrogens is 359 g/mol. The number of nitrogens with zero attached hydrogens (tertiary/aromatic N) is 5. The van der Waals surface area contributed by atoms with Crippen LogP contribution in [0.15, 0.2) is 36.8 Å². The first kappa shape index (κ1) is 19.8. The first-order chi connectivity index (χ1) is 13.6. The molecule has 0 unspecified atom stereocenters. The molecule has 3 aromatic heterocycles. The van der Waals surface area contributed by atoms with Gasteiger partial charge in [0, 0.05) is 36.5 Å². The lowest BCUT2D eigenvalue weighted by Crippen LogP contribution is -2.58. The van der Waals surface area contributed by atoms with Crippen molar-refractivity contribution in [3.05, 3.63) is 36.8 Å². The average molecular weight is 384 g/mol. The maximum atomic E-state index is 12.7. The van der Waals surface area contributed by atoms with E-state index in [-0.39, 0.29) is 16.6 Å². The highest BCUT2D eigenvalue weighted by Crippen LogP contribution is 2.33. The van der Waals surface area contributed by atoms with Gasteiger partial charge in [-0.25, -0.2) is 9.97 Å². The SMILES string of the molecule is BC1(B)CCC(B)(B)N1CC(=O)Nc1cc2nc(-c3cnn(C)c3)ccc2cn1. The van der Waals surface area contributed by atoms with Crippen LogP contribution in [0.2, 0.25) is 0 Å². The summed E-state index contributed by atoms with van der Waals surface area (Å²) in [7, 11) is 10.7. The number of likely N-dealkylation sites (tertiary alicyclic amines) is 1. The maximum absolute atomic E-state index is 12.7. The highest BCUT2D eigenvalue weighted by molar-refractivity contribution is 6.45. The van der Waals surface area contributed by atoms with Crippen LogP contribution in [0.25, 0.3) is 22.2 Å². The smallest absolute Gasteiger partial charge is 0.239 e. The minimum absolute atomic E-state index is 0.0117. The third kappa shape index (κ3) is 3.96. The maximum Gasteiger partial charge on any atom is 0.239 e. The lowest BCUT2D eigenvalue weighted by Gasteiger charge is -2.40. The Hall–Kier alpha value is -2.54. The Balaban J connectivity index is 1.54. The van der Waals surface area contributed by atoms with Gasteiger partial charge in [0.2, 0.25) is 5.91 Å². The Morgan fingerprint density at radius 1 is 1.17 bits per heavy atom. The van der Waals surface area contributed by atoms with Crippen LogP contribution in [0.5, 0.6) is 0 Å². The number of pyridine rings is 2. The zero-order chi connectivity index (χ0) is 20.8. The van der Waals surface area contributed by atoms with Gasteiger partial charge < -0.3 is 10.2 Å². The van der Waals surface area contributed by atoms with Crippen LogP contribution in [0, 0.1) is 0 Å². The Bertz CT molecular complexity index is 1070. The van der Waals surface area contributed by atoms with E-state index in [0.29, 0.717) is 12.4 Å². The molecule has 1 N–H and O–H groups in total. The van der Waals surface area contributed by atoms with E-state index < -0.39 is 0 Å². The number of fused-ring (bicyclic) bond motifs is 1. The van der Waals surface area contributed by atoms with Gasteiger partial charge in [0.05, 0.1) is 24.0 Å². The van der Waals surface area contributed by atoms with Crippen molar-refractivity contribution in [2.45, 2.75) is 23.5 Å². The second kappa shape index (κ2) is 7.06. The van der Waals surface area contributed by atoms with Gasteiger partial charge in [-0.2, -0.15) is 5.10 Å². The predicted octanol–water partition coefficient (Wildman–Crippen LogP) is -2.10. The molecule has 4 heterocycles. The normalized spacial score (nSPS) is 18.1. The Kier molecular flexibility index (Phi) is 4.81. The van der Waals surface area contributed by atoms with Crippen LogP contribution in [0.3, 0.4) is 0 Å². The monoisotopic (exact) mass is 384 g/mol. The second-order valence-corrected chi connectivity index (χ2v) is 9.12. The van der Waals surface area contributed by atoms with Gasteiger partial charge in [0.15, 0.2) is 0 Å². The summed E-state index contributed by atoms with van der Waals surface area (Å²) in [4.78, 5) is 24.1. The van der Waals surface area contributed by atoms with E-state index >= 15 is 0 Å². The second-order valence-electron chi connectivity index (χ2n) is 9.12. The molecule has 144 valence electrons. The van der Waals surface area contributed by atoms with Gasteiger partial charge in [-0.05, 0) is 35.6 Å². The van der Waals surface area contributed by atoms with Crippen LogP contribution in [0.1, 0.15) is 12.8 Å². The summed E-state index contributed by atoms with van der Waals surface area (Å²) in [6, 6.07) is 5.77. The summed E-state index contributed by atoms with van der Waals surface area (Å²) in [5.74, 6) is 0.469. The first-order valence-electron chi connectivity index (χ1n) is 9.97. The molecule has 7 nitrogen and oxygen atoms in total. The molecule has 1 fully saturated rings. The van der Waals surface area contributed by atoms with Gasteiger partial charge in [0.25, 0.3) is 0 Å². The molecule has 4 rings (SSSR count). The van der Waals surface area contributed by atoms with Crippen LogP contribution in [0.4, 0.5) is 5.82 Å². The molecule has 0 saturated carbocycles. The quantitative estimate of drug-likeness (QED) is 0.523. The highest BCUT2D eigenvalue weighted by Gasteiger charge is 2.44. The molecule has 0 radical (unpaired) electrons. The van der Waals surface area contributed by atoms with Crippen molar-refractivity contribution in [1.82, 2.24) is 24.6 Å². The fourth-order valence-corrected chi connectivity index (χ4v) is 4.25. The van der Waals surface area contributed by atoms with Crippen molar-refractivity contribution in [3.63, 3.8) is 0 Å². The lowest BCUT2D eigenvalue weighted by atomic mass is 9.58. The average Bonchev–Trinajstić information content (AvgIpc) is 3.18. The summed E-state index contributed by atoms with van der Waals surface area (Å²) in [6.45, 7) is 0.350. The molecule has 3 aromatic rings. The number of carbonyl (C=O) groups is 1. The first-order valence-corrected chi connectivity index (χ1v) is 9.97. The van der Waals surface area contributed by atoms with E-state index in [9.17, 15) is 4.79 Å². The van der Waals surface area contributed by atoms with E-state index in [1.807, 2.05) is 31.4 Å². The highest BCUT2D eigenvalue weighted by atomic mass is 16.2. The van der Waals surface area contributed by atoms with E-state index in [4.69, 9.17) is 4.98 Å². The summed E-state index contributed by atoms with van der Waals surface area (Å²) in [5, 5.41) is 8.11. The van der Waals surface area contributed by atoms with Crippen molar-refractivity contribution < 1.29 is 4.79 Å². The molecule has 29 heavy (non-hydrogen) atoms. The summed E-state index contributed by atoms with van der Waals surface area (Å²) in [6.07, 6.45) is 7.63. The third-order valence-electron chi connectivity index (χ3n) is 5.95. The fourth-order valence-electron chi connectivity index (χ4n) is 4.25. The predicted molar refractivity (Wildman–Crippen MR) is 126 cm³/mol. The molecule has 0 aliphatic carbocycles. The van der Waals surface area contributed by atoms with Crippen molar-refractivity contribution in [1.29, 1.82) is 0 Å². The third-order valence-corrected chi connectivity index (χ3v) is 5.95. The number of hydrogen-bond acceptors (Lipinski definition) is 5. The molecule has 1 saturated heterocycles. The fraction of sp³-hybridized carbons (Fsp3) is 0.333. The minimum Gasteiger partial charge on any atom is -0.314 e. The molecule has 0 atom stereocenters. The zero-order valence-electron chi connectivity index (χ0n) is 17.7. The van der Waals surface area contributed by atoms with Crippen LogP contribution >= 0.6 is 0 Å². The molecule has 0 bridgehead atoms. The summed E-state index contributed by atoms with van der Waals surface area (Å²) >= 11 is 0. The minimum atomic E-state index is -0.0525. The number of aromatic nitrogens is 4. The van der Waals surface area contributed by atoms with E-state index in [1.54, 1.807) is 17.1 Å². The lowest BCUT2D eigenvalue weighted by molar-refractivity contribution is -0.117. The van der Waals surface area contributed by atoms with Crippen molar-refractivity contribution in [3.8, 4) is 11.3 Å². The van der Waals surface area contributed by atoms with Gasteiger partial charge >= 0.3 is 0 Å². The number of hydrogen-bond donors (Lipinski definition) is 1.